The number of hydrogen-bond donors (Lipinski definition) is 3. The first kappa shape index (κ1) is 28.5. The van der Waals surface area contributed by atoms with Gasteiger partial charge in [-0.25, -0.2) is 32.2 Å². The van der Waals surface area contributed by atoms with E-state index in [0.29, 0.717) is 0 Å². The van der Waals surface area contributed by atoms with E-state index in [4.69, 9.17) is 4.74 Å². The summed E-state index contributed by atoms with van der Waals surface area (Å²) >= 11 is 1.14. The van der Waals surface area contributed by atoms with Gasteiger partial charge in [-0.15, -0.1) is 16.9 Å². The molecule has 2 atom stereocenters. The van der Waals surface area contributed by atoms with Gasteiger partial charge in [-0.05, 0) is 29.5 Å². The predicted octanol–water partition coefficient (Wildman–Crippen LogP) is -1.30. The van der Waals surface area contributed by atoms with Gasteiger partial charge in [0.05, 0.1) is 12.2 Å². The number of tetrazole rings is 1. The maximum Gasteiger partial charge on any atom is 0.421 e. The molecule has 1 aromatic carbocycles. The van der Waals surface area contributed by atoms with Gasteiger partial charge in [0.2, 0.25) is 5.91 Å². The van der Waals surface area contributed by atoms with Crippen molar-refractivity contribution in [2.24, 2.45) is 0 Å². The van der Waals surface area contributed by atoms with Crippen LogP contribution in [-0.4, -0.2) is 98.9 Å². The number of carbonyl (C=O) groups excluding carboxylic acids is 4. The maximum atomic E-state index is 12.8. The molecule has 3 heterocycles. The lowest BCUT2D eigenvalue weighted by Crippen LogP contribution is -2.70. The van der Waals surface area contributed by atoms with E-state index in [1.807, 2.05) is 0 Å². The predicted molar refractivity (Wildman–Crippen MR) is 132 cm³/mol. The minimum atomic E-state index is -4.51. The number of thioether (sulfide) groups is 1. The highest BCUT2D eigenvalue weighted by atomic mass is 32.2. The van der Waals surface area contributed by atoms with Gasteiger partial charge in [0.25, 0.3) is 15.9 Å². The van der Waals surface area contributed by atoms with E-state index in [0.717, 1.165) is 33.5 Å². The zero-order valence-electron chi connectivity index (χ0n) is 20.5. The molecule has 212 valence electrons. The summed E-state index contributed by atoms with van der Waals surface area (Å²) in [6.45, 7) is 0.577. The Morgan fingerprint density at radius 2 is 1.95 bits per heavy atom. The van der Waals surface area contributed by atoms with Crippen molar-refractivity contribution in [3.8, 4) is 0 Å². The molecule has 0 radical (unpaired) electrons. The third-order valence-electron chi connectivity index (χ3n) is 5.53. The Bertz CT molecular complexity index is 1490. The van der Waals surface area contributed by atoms with Gasteiger partial charge in [-0.2, -0.15) is 0 Å². The largest absolute Gasteiger partial charge is 0.477 e. The lowest BCUT2D eigenvalue weighted by Gasteiger charge is -2.49. The molecule has 2 aliphatic rings. The van der Waals surface area contributed by atoms with Gasteiger partial charge < -0.3 is 19.9 Å². The highest BCUT2D eigenvalue weighted by Crippen LogP contribution is 2.40. The van der Waals surface area contributed by atoms with E-state index in [9.17, 15) is 37.5 Å². The molecule has 19 heteroatoms. The summed E-state index contributed by atoms with van der Waals surface area (Å²) in [6, 6.07) is 3.94. The van der Waals surface area contributed by atoms with Crippen LogP contribution >= 0.6 is 11.8 Å². The summed E-state index contributed by atoms with van der Waals surface area (Å²) in [7, 11) is -4.51. The number of carbonyl (C=O) groups is 5. The molecule has 1 saturated heterocycles. The van der Waals surface area contributed by atoms with Crippen LogP contribution in [0.4, 0.5) is 4.79 Å². The number of amides is 3. The molecule has 17 nitrogen and oxygen atoms in total. The van der Waals surface area contributed by atoms with Crippen molar-refractivity contribution in [1.29, 1.82) is 0 Å². The van der Waals surface area contributed by atoms with Crippen LogP contribution in [0.1, 0.15) is 17.3 Å². The first-order valence-electron chi connectivity index (χ1n) is 11.4. The zero-order valence-corrected chi connectivity index (χ0v) is 22.2. The number of sulfonamides is 1. The average Bonchev–Trinajstić information content (AvgIpc) is 3.42. The Morgan fingerprint density at radius 3 is 2.62 bits per heavy atom. The summed E-state index contributed by atoms with van der Waals surface area (Å²) in [6.07, 6.45) is -0.0206. The molecule has 0 bridgehead atoms. The molecule has 3 N–H and O–H groups in total. The number of β-lactam (4-membered cyclic amide) rings is 1. The lowest BCUT2D eigenvalue weighted by atomic mass is 10.0. The Labute approximate surface area is 229 Å². The van der Waals surface area contributed by atoms with Gasteiger partial charge in [0, 0.05) is 11.3 Å². The number of benzene rings is 1. The van der Waals surface area contributed by atoms with Crippen LogP contribution in [0, 0.1) is 0 Å². The van der Waals surface area contributed by atoms with Crippen LogP contribution in [0.2, 0.25) is 0 Å². The van der Waals surface area contributed by atoms with Crippen molar-refractivity contribution in [3.63, 3.8) is 0 Å². The number of esters is 1. The number of aromatic nitrogens is 4. The monoisotopic (exact) mass is 595 g/mol. The van der Waals surface area contributed by atoms with Crippen LogP contribution in [0.3, 0.4) is 0 Å². The van der Waals surface area contributed by atoms with E-state index in [1.54, 1.807) is 4.72 Å². The molecule has 0 saturated carbocycles. The first-order valence-corrected chi connectivity index (χ1v) is 13.9. The number of carboxylic acid groups (broad SMARTS) is 1. The summed E-state index contributed by atoms with van der Waals surface area (Å²) in [4.78, 5) is 62.0. The molecule has 0 aliphatic carbocycles. The van der Waals surface area contributed by atoms with Crippen LogP contribution in [0.5, 0.6) is 0 Å². The van der Waals surface area contributed by atoms with Crippen molar-refractivity contribution in [2.45, 2.75) is 29.8 Å². The van der Waals surface area contributed by atoms with Crippen LogP contribution in [-0.2, 0) is 40.4 Å². The molecular weight excluding hydrogens is 574 g/mol. The SMILES string of the molecule is CCOC(=O)NS(=O)(=O)c1ccccc1C(=O)OCC1=C(C(=O)O)N2C(=O)[C@@H](NC(=O)Cn3cnnn3)[C@@H]2SC1. The third kappa shape index (κ3) is 5.88. The van der Waals surface area contributed by atoms with Gasteiger partial charge in [-0.3, -0.25) is 14.5 Å². The van der Waals surface area contributed by atoms with E-state index in [-0.39, 0.29) is 24.5 Å². The van der Waals surface area contributed by atoms with Crippen molar-refractivity contribution in [1.82, 2.24) is 35.1 Å². The Balaban J connectivity index is 1.46. The van der Waals surface area contributed by atoms with Crippen molar-refractivity contribution < 1.29 is 47.0 Å². The summed E-state index contributed by atoms with van der Waals surface area (Å²) in [5, 5.41) is 22.0. The number of hydrogen-bond acceptors (Lipinski definition) is 13. The smallest absolute Gasteiger partial charge is 0.421 e. The average molecular weight is 596 g/mol. The zero-order chi connectivity index (χ0) is 29.0. The van der Waals surface area contributed by atoms with Gasteiger partial charge in [0.15, 0.2) is 0 Å². The molecule has 1 fully saturated rings. The van der Waals surface area contributed by atoms with E-state index in [1.165, 1.54) is 25.4 Å². The maximum absolute atomic E-state index is 12.8. The highest BCUT2D eigenvalue weighted by Gasteiger charge is 2.54. The molecule has 0 spiro atoms. The van der Waals surface area contributed by atoms with Crippen LogP contribution in [0.15, 0.2) is 46.8 Å². The molecule has 2 aromatic rings. The summed E-state index contributed by atoms with van der Waals surface area (Å²) < 4.78 is 37.8. The molecule has 3 amide bonds. The third-order valence-corrected chi connectivity index (χ3v) is 8.24. The lowest BCUT2D eigenvalue weighted by molar-refractivity contribution is -0.150. The van der Waals surface area contributed by atoms with E-state index < -0.39 is 74.0 Å². The number of rotatable bonds is 10. The molecule has 0 unspecified atom stereocenters. The molecule has 40 heavy (non-hydrogen) atoms. The van der Waals surface area contributed by atoms with E-state index in [2.05, 4.69) is 25.6 Å². The number of fused-ring (bicyclic) bond motifs is 1. The minimum Gasteiger partial charge on any atom is -0.477 e. The van der Waals surface area contributed by atoms with Crippen LogP contribution in [0.25, 0.3) is 0 Å². The normalized spacial score (nSPS) is 18.3. The number of ether oxygens (including phenoxy) is 2. The number of nitrogens with zero attached hydrogens (tertiary/aromatic N) is 5. The van der Waals surface area contributed by atoms with Crippen molar-refractivity contribution >= 4 is 51.6 Å². The molecular formula is C21H21N7O10S2. The minimum absolute atomic E-state index is 0.0348. The molecule has 1 aromatic heterocycles. The van der Waals surface area contributed by atoms with Crippen molar-refractivity contribution in [3.05, 3.63) is 47.4 Å². The number of aliphatic carboxylic acids is 1. The van der Waals surface area contributed by atoms with Gasteiger partial charge in [0.1, 0.15) is 41.5 Å². The fraction of sp³-hybridized carbons (Fsp3) is 0.333. The standard InChI is InChI=1S/C21H21N7O10S2/c1-2-37-21(34)24-40(35,36)13-6-4-3-5-12(13)20(33)38-8-11-9-39-18-15(17(30)28(18)16(11)19(31)32)23-14(29)7-27-10-22-25-26-27/h3-6,10,15,18H,2,7-9H2,1H3,(H,23,29)(H,24,34)(H,31,32)/t15-,18+/m1/s1. The summed E-state index contributed by atoms with van der Waals surface area (Å²) in [5.41, 5.74) is -0.736. The number of nitrogens with one attached hydrogen (secondary N) is 2. The fourth-order valence-electron chi connectivity index (χ4n) is 3.84. The van der Waals surface area contributed by atoms with Crippen molar-refractivity contribution in [2.75, 3.05) is 19.0 Å². The van der Waals surface area contributed by atoms with Gasteiger partial charge in [-0.1, -0.05) is 12.1 Å². The Hall–Kier alpha value is -4.52. The van der Waals surface area contributed by atoms with Crippen LogP contribution < -0.4 is 10.0 Å². The summed E-state index contributed by atoms with van der Waals surface area (Å²) in [5.74, 6) is -3.77. The Kier molecular flexibility index (Phi) is 8.33. The Morgan fingerprint density at radius 1 is 1.20 bits per heavy atom. The quantitative estimate of drug-likeness (QED) is 0.214. The molecule has 4 rings (SSSR count). The second kappa shape index (κ2) is 11.7. The first-order chi connectivity index (χ1) is 19.0. The van der Waals surface area contributed by atoms with E-state index >= 15 is 0 Å². The topological polar surface area (TPSA) is 229 Å². The second-order valence-corrected chi connectivity index (χ2v) is 10.9. The number of carboxylic acids is 1. The highest BCUT2D eigenvalue weighted by molar-refractivity contribution is 8.00. The fourth-order valence-corrected chi connectivity index (χ4v) is 6.25. The van der Waals surface area contributed by atoms with Gasteiger partial charge >= 0.3 is 18.0 Å². The second-order valence-electron chi connectivity index (χ2n) is 8.12. The molecule has 2 aliphatic heterocycles.